The van der Waals surface area contributed by atoms with Crippen LogP contribution in [0.2, 0.25) is 0 Å². The van der Waals surface area contributed by atoms with E-state index in [4.69, 9.17) is 9.47 Å². The molecule has 0 bridgehead atoms. The molecular weight excluding hydrogens is 341 g/mol. The van der Waals surface area contributed by atoms with Crippen molar-refractivity contribution in [1.82, 2.24) is 5.32 Å². The predicted molar refractivity (Wildman–Crippen MR) is 77.8 cm³/mol. The summed E-state index contributed by atoms with van der Waals surface area (Å²) in [4.78, 5) is 12.2. The first kappa shape index (κ1) is 13.9. The number of halogens is 2. The lowest BCUT2D eigenvalue weighted by molar-refractivity contribution is 0.0946. The molecule has 2 aromatic carbocycles. The second kappa shape index (κ2) is 5.73. The van der Waals surface area contributed by atoms with Crippen LogP contribution in [0.3, 0.4) is 0 Å². The first-order chi connectivity index (χ1) is 10.1. The van der Waals surface area contributed by atoms with Crippen LogP contribution in [0.4, 0.5) is 4.39 Å². The lowest BCUT2D eigenvalue weighted by Crippen LogP contribution is -2.23. The lowest BCUT2D eigenvalue weighted by Gasteiger charge is -2.08. The second-order valence-corrected chi connectivity index (χ2v) is 5.37. The number of rotatable bonds is 3. The van der Waals surface area contributed by atoms with E-state index in [1.54, 1.807) is 30.3 Å². The van der Waals surface area contributed by atoms with Crippen LogP contribution in [-0.2, 0) is 6.54 Å². The molecule has 1 aliphatic heterocycles. The zero-order valence-electron chi connectivity index (χ0n) is 10.9. The van der Waals surface area contributed by atoms with E-state index >= 15 is 0 Å². The van der Waals surface area contributed by atoms with E-state index in [1.807, 2.05) is 0 Å². The standard InChI is InChI=1S/C15H11BrFNO3/c16-10-4-5-12(17)9(6-10)7-18-15(19)11-2-1-3-13-14(11)21-8-20-13/h1-6H,7-8H2,(H,18,19). The second-order valence-electron chi connectivity index (χ2n) is 4.46. The van der Waals surface area contributed by atoms with Crippen molar-refractivity contribution >= 4 is 21.8 Å². The largest absolute Gasteiger partial charge is 0.454 e. The van der Waals surface area contributed by atoms with E-state index in [-0.39, 0.29) is 25.1 Å². The van der Waals surface area contributed by atoms with Gasteiger partial charge in [0.1, 0.15) is 5.82 Å². The number of carbonyl (C=O) groups excluding carboxylic acids is 1. The summed E-state index contributed by atoms with van der Waals surface area (Å²) in [6.45, 7) is 0.189. The number of hydrogen-bond acceptors (Lipinski definition) is 3. The van der Waals surface area contributed by atoms with Crippen LogP contribution >= 0.6 is 15.9 Å². The van der Waals surface area contributed by atoms with E-state index < -0.39 is 0 Å². The molecule has 0 unspecified atom stereocenters. The van der Waals surface area contributed by atoms with Gasteiger partial charge in [-0.2, -0.15) is 0 Å². The molecule has 1 N–H and O–H groups in total. The van der Waals surface area contributed by atoms with E-state index in [0.717, 1.165) is 4.47 Å². The van der Waals surface area contributed by atoms with Gasteiger partial charge in [-0.25, -0.2) is 4.39 Å². The van der Waals surface area contributed by atoms with Crippen LogP contribution in [-0.4, -0.2) is 12.7 Å². The monoisotopic (exact) mass is 351 g/mol. The molecule has 4 nitrogen and oxygen atoms in total. The van der Waals surface area contributed by atoms with Crippen molar-refractivity contribution in [2.45, 2.75) is 6.54 Å². The van der Waals surface area contributed by atoms with E-state index in [9.17, 15) is 9.18 Å². The van der Waals surface area contributed by atoms with Gasteiger partial charge in [-0.05, 0) is 30.3 Å². The highest BCUT2D eigenvalue weighted by Crippen LogP contribution is 2.35. The van der Waals surface area contributed by atoms with E-state index in [1.165, 1.54) is 6.07 Å². The molecule has 2 aromatic rings. The summed E-state index contributed by atoms with van der Waals surface area (Å²) in [6.07, 6.45) is 0. The Kier molecular flexibility index (Phi) is 3.79. The zero-order valence-corrected chi connectivity index (χ0v) is 12.4. The maximum absolute atomic E-state index is 13.6. The SMILES string of the molecule is O=C(NCc1cc(Br)ccc1F)c1cccc2c1OCO2. The third kappa shape index (κ3) is 2.85. The minimum atomic E-state index is -0.364. The molecule has 0 fully saturated rings. The highest BCUT2D eigenvalue weighted by molar-refractivity contribution is 9.10. The highest BCUT2D eigenvalue weighted by Gasteiger charge is 2.21. The smallest absolute Gasteiger partial charge is 0.255 e. The van der Waals surface area contributed by atoms with Crippen LogP contribution in [0.25, 0.3) is 0 Å². The maximum atomic E-state index is 13.6. The third-order valence-electron chi connectivity index (χ3n) is 3.09. The average Bonchev–Trinajstić information content (AvgIpc) is 2.96. The van der Waals surface area contributed by atoms with E-state index in [2.05, 4.69) is 21.2 Å². The van der Waals surface area contributed by atoms with Crippen molar-refractivity contribution in [3.05, 3.63) is 57.8 Å². The fraction of sp³-hybridized carbons (Fsp3) is 0.133. The Balaban J connectivity index is 1.76. The number of ether oxygens (including phenoxy) is 2. The van der Waals surface area contributed by atoms with Crippen LogP contribution in [0.1, 0.15) is 15.9 Å². The van der Waals surface area contributed by atoms with Gasteiger partial charge in [-0.3, -0.25) is 4.79 Å². The van der Waals surface area contributed by atoms with Gasteiger partial charge in [0.25, 0.3) is 5.91 Å². The molecule has 1 aliphatic rings. The quantitative estimate of drug-likeness (QED) is 0.923. The molecule has 0 atom stereocenters. The summed E-state index contributed by atoms with van der Waals surface area (Å²) in [5, 5.41) is 2.68. The number of fused-ring (bicyclic) bond motifs is 1. The first-order valence-corrected chi connectivity index (χ1v) is 7.05. The molecule has 21 heavy (non-hydrogen) atoms. The first-order valence-electron chi connectivity index (χ1n) is 6.26. The summed E-state index contributed by atoms with van der Waals surface area (Å²) in [5.74, 6) is 0.258. The fourth-order valence-electron chi connectivity index (χ4n) is 2.06. The molecule has 108 valence electrons. The summed E-state index contributed by atoms with van der Waals surface area (Å²) in [5.41, 5.74) is 0.780. The Bertz CT molecular complexity index is 705. The number of carbonyl (C=O) groups is 1. The summed E-state index contributed by atoms with van der Waals surface area (Å²) in [7, 11) is 0. The van der Waals surface area contributed by atoms with Gasteiger partial charge in [0, 0.05) is 16.6 Å². The van der Waals surface area contributed by atoms with Crippen LogP contribution in [0.5, 0.6) is 11.5 Å². The van der Waals surface area contributed by atoms with Crippen LogP contribution < -0.4 is 14.8 Å². The predicted octanol–water partition coefficient (Wildman–Crippen LogP) is 3.25. The summed E-state index contributed by atoms with van der Waals surface area (Å²) < 4.78 is 24.9. The van der Waals surface area contributed by atoms with Crippen molar-refractivity contribution in [3.63, 3.8) is 0 Å². The Hall–Kier alpha value is -2.08. The van der Waals surface area contributed by atoms with Gasteiger partial charge < -0.3 is 14.8 Å². The molecule has 1 amide bonds. The number of para-hydroxylation sites is 1. The van der Waals surface area contributed by atoms with Crippen molar-refractivity contribution in [1.29, 1.82) is 0 Å². The van der Waals surface area contributed by atoms with Gasteiger partial charge in [-0.15, -0.1) is 0 Å². The van der Waals surface area contributed by atoms with Gasteiger partial charge in [-0.1, -0.05) is 22.0 Å². The number of benzene rings is 2. The molecule has 1 heterocycles. The highest BCUT2D eigenvalue weighted by atomic mass is 79.9. The minimum absolute atomic E-state index is 0.0919. The van der Waals surface area contributed by atoms with Gasteiger partial charge >= 0.3 is 0 Å². The van der Waals surface area contributed by atoms with Crippen LogP contribution in [0.15, 0.2) is 40.9 Å². The molecule has 6 heteroatoms. The zero-order chi connectivity index (χ0) is 14.8. The number of hydrogen-bond donors (Lipinski definition) is 1. The third-order valence-corrected chi connectivity index (χ3v) is 3.58. The van der Waals surface area contributed by atoms with Gasteiger partial charge in [0.15, 0.2) is 11.5 Å². The van der Waals surface area contributed by atoms with Crippen molar-refractivity contribution < 1.29 is 18.7 Å². The van der Waals surface area contributed by atoms with Gasteiger partial charge in [0.05, 0.1) is 5.56 Å². The Morgan fingerprint density at radius 3 is 3.00 bits per heavy atom. The molecular formula is C15H11BrFNO3. The molecule has 0 aliphatic carbocycles. The molecule has 0 saturated heterocycles. The fourth-order valence-corrected chi connectivity index (χ4v) is 2.47. The number of nitrogens with one attached hydrogen (secondary N) is 1. The Morgan fingerprint density at radius 1 is 1.29 bits per heavy atom. The molecule has 0 spiro atoms. The molecule has 0 aromatic heterocycles. The Labute approximate surface area is 129 Å². The van der Waals surface area contributed by atoms with E-state index in [0.29, 0.717) is 22.6 Å². The summed E-state index contributed by atoms with van der Waals surface area (Å²) in [6, 6.07) is 9.67. The Morgan fingerprint density at radius 2 is 2.14 bits per heavy atom. The molecule has 0 saturated carbocycles. The van der Waals surface area contributed by atoms with Crippen LogP contribution in [0, 0.1) is 5.82 Å². The molecule has 0 radical (unpaired) electrons. The van der Waals surface area contributed by atoms with Gasteiger partial charge in [0.2, 0.25) is 6.79 Å². The topological polar surface area (TPSA) is 47.6 Å². The van der Waals surface area contributed by atoms with Crippen molar-refractivity contribution in [2.24, 2.45) is 0 Å². The van der Waals surface area contributed by atoms with Crippen molar-refractivity contribution in [3.8, 4) is 11.5 Å². The lowest BCUT2D eigenvalue weighted by atomic mass is 10.1. The average molecular weight is 352 g/mol. The number of amides is 1. The minimum Gasteiger partial charge on any atom is -0.454 e. The summed E-state index contributed by atoms with van der Waals surface area (Å²) >= 11 is 3.27. The van der Waals surface area contributed by atoms with Crippen molar-refractivity contribution in [2.75, 3.05) is 6.79 Å². The maximum Gasteiger partial charge on any atom is 0.255 e. The molecule has 3 rings (SSSR count). The normalized spacial score (nSPS) is 12.3.